The van der Waals surface area contributed by atoms with Gasteiger partial charge in [-0.1, -0.05) is 0 Å². The maximum atomic E-state index is 15.2. The molecular weight excluding hydrogens is 613 g/mol. The van der Waals surface area contributed by atoms with Crippen molar-refractivity contribution in [2.75, 3.05) is 0 Å². The first-order valence-electron chi connectivity index (χ1n) is 8.62. The highest BCUT2D eigenvalue weighted by atomic mass is 19.4. The van der Waals surface area contributed by atoms with Gasteiger partial charge in [-0.05, 0) is 0 Å². The lowest BCUT2D eigenvalue weighted by Crippen LogP contribution is -3.07. The number of hydrogen-bond acceptors (Lipinski definition) is 3. The van der Waals surface area contributed by atoms with Crippen molar-refractivity contribution in [1.82, 2.24) is 0 Å². The molecule has 0 radical (unpaired) electrons. The van der Waals surface area contributed by atoms with E-state index in [2.05, 4.69) is 5.73 Å². The maximum absolute atomic E-state index is 15.2. The fourth-order valence-electron chi connectivity index (χ4n) is 4.37. The highest BCUT2D eigenvalue weighted by Gasteiger charge is 3.20. The summed E-state index contributed by atoms with van der Waals surface area (Å²) in [5, 5.41) is 0. The van der Waals surface area contributed by atoms with Gasteiger partial charge in [0.1, 0.15) is 0 Å². The quantitative estimate of drug-likeness (QED) is 0.356. The molecule has 4 aliphatic carbocycles. The summed E-state index contributed by atoms with van der Waals surface area (Å²) in [5.41, 5.74) is -28.9. The van der Waals surface area contributed by atoms with Gasteiger partial charge in [0.2, 0.25) is 5.78 Å². The first kappa shape index (κ1) is 30.7. The van der Waals surface area contributed by atoms with Gasteiger partial charge in [-0.15, -0.1) is 0 Å². The van der Waals surface area contributed by atoms with Crippen LogP contribution in [0.25, 0.3) is 0 Å². The van der Waals surface area contributed by atoms with Crippen LogP contribution in [0, 0.1) is 0 Å². The summed E-state index contributed by atoms with van der Waals surface area (Å²) in [6, 6.07) is 0. The molecule has 3 nitrogen and oxygen atoms in total. The van der Waals surface area contributed by atoms with E-state index in [1.165, 1.54) is 0 Å². The van der Waals surface area contributed by atoms with Gasteiger partial charge >= 0.3 is 76.2 Å². The lowest BCUT2D eigenvalue weighted by molar-refractivity contribution is -0.576. The number of carbonyl (C=O) groups is 1. The summed E-state index contributed by atoms with van der Waals surface area (Å²) in [6.07, 6.45) is -15.9. The Morgan fingerprint density at radius 3 is 1.26 bits per heavy atom. The monoisotopic (exact) mass is 615 g/mol. The molecule has 0 saturated heterocycles. The van der Waals surface area contributed by atoms with Crippen LogP contribution in [0.15, 0.2) is 0 Å². The van der Waals surface area contributed by atoms with Crippen molar-refractivity contribution in [3.8, 4) is 0 Å². The Bertz CT molecular complexity index is 1100. The minimum absolute atomic E-state index is 1.62. The van der Waals surface area contributed by atoms with E-state index < -0.39 is 82.0 Å². The molecule has 0 aromatic rings. The summed E-state index contributed by atoms with van der Waals surface area (Å²) >= 11 is 0. The van der Waals surface area contributed by atoms with Crippen LogP contribution in [0.1, 0.15) is 0 Å². The van der Waals surface area contributed by atoms with Crippen molar-refractivity contribution in [3.05, 3.63) is 0 Å². The molecular formula is C14H2F21NO2. The van der Waals surface area contributed by atoms with Crippen molar-refractivity contribution in [1.29, 1.82) is 0 Å². The molecule has 2 N–H and O–H groups in total. The normalized spacial score (nSPS) is 44.7. The minimum atomic E-state index is -8.46. The van der Waals surface area contributed by atoms with Gasteiger partial charge in [-0.2, -0.15) is 65.9 Å². The molecule has 0 spiro atoms. The molecule has 38 heavy (non-hydrogen) atoms. The molecule has 0 amide bonds. The molecule has 222 valence electrons. The van der Waals surface area contributed by atoms with E-state index in [1.807, 2.05) is 0 Å². The summed E-state index contributed by atoms with van der Waals surface area (Å²) < 4.78 is 296. The van der Waals surface area contributed by atoms with Gasteiger partial charge in [0.05, 0.1) is 0 Å². The van der Waals surface area contributed by atoms with E-state index >= 15 is 13.2 Å². The molecule has 0 aromatic heterocycles. The number of ketones is 1. The Kier molecular flexibility index (Phi) is 5.14. The zero-order chi connectivity index (χ0) is 30.8. The number of nitrogens with two attached hydrogens (primary N) is 1. The second-order valence-electron chi connectivity index (χ2n) is 8.26. The molecule has 4 bridgehead atoms. The molecule has 0 aliphatic heterocycles. The molecule has 4 aliphatic rings. The zero-order valence-corrected chi connectivity index (χ0v) is 16.3. The van der Waals surface area contributed by atoms with Crippen LogP contribution in [0.5, 0.6) is 0 Å². The van der Waals surface area contributed by atoms with Crippen molar-refractivity contribution in [3.63, 3.8) is 0 Å². The Morgan fingerprint density at radius 1 is 0.553 bits per heavy atom. The molecule has 4 rings (SSSR count). The first-order chi connectivity index (χ1) is 16.1. The van der Waals surface area contributed by atoms with Crippen LogP contribution in [0.4, 0.5) is 92.2 Å². The summed E-state index contributed by atoms with van der Waals surface area (Å²) in [5.74, 6) is -62.1. The Balaban J connectivity index is 2.49. The van der Waals surface area contributed by atoms with E-state index in [9.17, 15) is 83.8 Å². The third-order valence-corrected chi connectivity index (χ3v) is 6.48. The van der Waals surface area contributed by atoms with Crippen molar-refractivity contribution < 1.29 is 102 Å². The van der Waals surface area contributed by atoms with Crippen LogP contribution in [-0.2, 0) is 9.53 Å². The van der Waals surface area contributed by atoms with Crippen LogP contribution < -0.4 is 5.73 Å². The van der Waals surface area contributed by atoms with Crippen LogP contribution in [0.2, 0.25) is 0 Å². The molecule has 6 unspecified atom stereocenters. The predicted molar refractivity (Wildman–Crippen MR) is 69.1 cm³/mol. The summed E-state index contributed by atoms with van der Waals surface area (Å²) in [4.78, 5) is 11.7. The Labute approximate surface area is 191 Å². The van der Waals surface area contributed by atoms with E-state index in [-0.39, 0.29) is 0 Å². The maximum Gasteiger partial charge on any atom is 0.458 e. The van der Waals surface area contributed by atoms with Gasteiger partial charge in [0.25, 0.3) is 0 Å². The van der Waals surface area contributed by atoms with Crippen LogP contribution in [0.3, 0.4) is 0 Å². The number of ether oxygens (including phenoxy) is 1. The average molecular weight is 615 g/mol. The Morgan fingerprint density at radius 2 is 0.895 bits per heavy atom. The predicted octanol–water partition coefficient (Wildman–Crippen LogP) is 5.07. The fourth-order valence-corrected chi connectivity index (χ4v) is 4.37. The average Bonchev–Trinajstić information content (AvgIpc) is 2.71. The van der Waals surface area contributed by atoms with Gasteiger partial charge in [-0.25, -0.2) is 26.3 Å². The SMILES string of the molecule is NC(F)(C(F)(F)OC1(F)C2(F)C(=O)C3(F)C(F)(F)C(F)(C2(F)F)C(F)(F)C1(F)C3(F)F)C(F)(F)C(F)(F)F. The highest BCUT2D eigenvalue weighted by Crippen LogP contribution is 2.85. The lowest BCUT2D eigenvalue weighted by atomic mass is 9.41. The van der Waals surface area contributed by atoms with Gasteiger partial charge in [-0.3, -0.25) is 15.3 Å². The second kappa shape index (κ2) is 6.37. The van der Waals surface area contributed by atoms with E-state index in [4.69, 9.17) is 0 Å². The number of rotatable bonds is 4. The Hall–Kier alpha value is -1.88. The fraction of sp³-hybridized carbons (Fsp3) is 0.929. The highest BCUT2D eigenvalue weighted by molar-refractivity contribution is 6.04. The van der Waals surface area contributed by atoms with E-state index in [1.54, 1.807) is 4.74 Å². The smallest absolute Gasteiger partial charge is 0.291 e. The molecule has 0 heterocycles. The topological polar surface area (TPSA) is 52.3 Å². The van der Waals surface area contributed by atoms with Crippen molar-refractivity contribution >= 4 is 5.78 Å². The summed E-state index contributed by atoms with van der Waals surface area (Å²) in [6.45, 7) is 0. The van der Waals surface area contributed by atoms with Crippen molar-refractivity contribution in [2.24, 2.45) is 5.73 Å². The zero-order valence-electron chi connectivity index (χ0n) is 16.3. The van der Waals surface area contributed by atoms with Crippen LogP contribution >= 0.6 is 0 Å². The number of halogens is 21. The molecule has 4 saturated carbocycles. The standard InChI is InChI=1S/C14H2F21NO2/c15-2-1(37)3(16)8(23,24)4(17,6(2,19)20)9(25,26)5(18,7(2,21)22)12(3,30)38-14(34,35)11(29,36)10(27,28)13(31,32)33/h36H2. The molecule has 24 heteroatoms. The van der Waals surface area contributed by atoms with Gasteiger partial charge in [0, 0.05) is 0 Å². The molecule has 6 atom stereocenters. The van der Waals surface area contributed by atoms with Crippen LogP contribution in [-0.4, -0.2) is 82.0 Å². The number of hydrogen-bond donors (Lipinski definition) is 1. The molecule has 0 aromatic carbocycles. The first-order valence-corrected chi connectivity index (χ1v) is 8.62. The third-order valence-electron chi connectivity index (χ3n) is 6.48. The van der Waals surface area contributed by atoms with Crippen molar-refractivity contribution in [2.45, 2.75) is 76.2 Å². The number of carbonyl (C=O) groups excluding carboxylic acids is 1. The third kappa shape index (κ3) is 2.11. The lowest BCUT2D eigenvalue weighted by Gasteiger charge is -2.71. The molecule has 4 fully saturated rings. The van der Waals surface area contributed by atoms with E-state index in [0.717, 1.165) is 0 Å². The number of alkyl halides is 21. The van der Waals surface area contributed by atoms with Gasteiger partial charge in [0.15, 0.2) is 0 Å². The largest absolute Gasteiger partial charge is 0.458 e. The van der Waals surface area contributed by atoms with E-state index in [0.29, 0.717) is 0 Å². The number of Topliss-reactive ketones (excluding diaryl/α,β-unsaturated/α-hetero) is 1. The van der Waals surface area contributed by atoms with Gasteiger partial charge < -0.3 is 0 Å². The second-order valence-corrected chi connectivity index (χ2v) is 8.26. The summed E-state index contributed by atoms with van der Waals surface area (Å²) in [7, 11) is 0. The minimum Gasteiger partial charge on any atom is -0.291 e.